The van der Waals surface area contributed by atoms with E-state index < -0.39 is 5.97 Å². The van der Waals surface area contributed by atoms with Gasteiger partial charge < -0.3 is 9.84 Å². The molecule has 0 spiro atoms. The van der Waals surface area contributed by atoms with Gasteiger partial charge in [-0.15, -0.1) is 0 Å². The van der Waals surface area contributed by atoms with E-state index in [4.69, 9.17) is 9.84 Å². The number of hydrogen-bond donors (Lipinski definition) is 1. The van der Waals surface area contributed by atoms with Crippen molar-refractivity contribution >= 4 is 40.3 Å². The Kier molecular flexibility index (Phi) is 4.71. The Morgan fingerprint density at radius 3 is 2.32 bits per heavy atom. The maximum atomic E-state index is 10.9. The summed E-state index contributed by atoms with van der Waals surface area (Å²) in [5.41, 5.74) is 0.333. The molecule has 0 aliphatic heterocycles. The van der Waals surface area contributed by atoms with E-state index in [2.05, 4.69) is 0 Å². The monoisotopic (exact) mass is 386 g/mol. The van der Waals surface area contributed by atoms with E-state index in [0.29, 0.717) is 5.56 Å². The van der Waals surface area contributed by atoms with Crippen LogP contribution in [0.4, 0.5) is 0 Å². The minimum absolute atomic E-state index is 0.333. The molecular weight excluding hydrogens is 375 g/mol. The number of carboxylic acid groups (broad SMARTS) is 1. The SMILES string of the molecule is COc1ccc(Sc2ccc(C(=O)O)c(I)c2)cc1. The molecule has 2 rings (SSSR count). The van der Waals surface area contributed by atoms with Crippen molar-refractivity contribution in [3.05, 3.63) is 51.6 Å². The molecule has 1 N–H and O–H groups in total. The third-order valence-electron chi connectivity index (χ3n) is 2.47. The molecule has 0 radical (unpaired) electrons. The Labute approximate surface area is 129 Å². The second-order valence-corrected chi connectivity index (χ2v) is 6.03. The van der Waals surface area contributed by atoms with Crippen LogP contribution in [0.1, 0.15) is 10.4 Å². The van der Waals surface area contributed by atoms with Gasteiger partial charge in [-0.25, -0.2) is 4.79 Å². The lowest BCUT2D eigenvalue weighted by molar-refractivity contribution is 0.0695. The zero-order valence-electron chi connectivity index (χ0n) is 10.1. The molecule has 0 fully saturated rings. The van der Waals surface area contributed by atoms with Crippen molar-refractivity contribution < 1.29 is 14.6 Å². The number of methoxy groups -OCH3 is 1. The average Bonchev–Trinajstić information content (AvgIpc) is 2.39. The molecule has 2 aromatic carbocycles. The van der Waals surface area contributed by atoms with Crippen LogP contribution in [-0.4, -0.2) is 18.2 Å². The van der Waals surface area contributed by atoms with E-state index in [9.17, 15) is 4.79 Å². The lowest BCUT2D eigenvalue weighted by Gasteiger charge is -2.05. The van der Waals surface area contributed by atoms with Crippen molar-refractivity contribution in [3.63, 3.8) is 0 Å². The van der Waals surface area contributed by atoms with Gasteiger partial charge in [-0.2, -0.15) is 0 Å². The second-order valence-electron chi connectivity index (χ2n) is 3.72. The maximum absolute atomic E-state index is 10.9. The van der Waals surface area contributed by atoms with Crippen molar-refractivity contribution in [2.75, 3.05) is 7.11 Å². The van der Waals surface area contributed by atoms with Gasteiger partial charge in [0, 0.05) is 13.4 Å². The summed E-state index contributed by atoms with van der Waals surface area (Å²) >= 11 is 3.63. The van der Waals surface area contributed by atoms with Gasteiger partial charge in [-0.3, -0.25) is 0 Å². The Morgan fingerprint density at radius 2 is 1.79 bits per heavy atom. The molecule has 0 atom stereocenters. The number of carbonyl (C=O) groups is 1. The zero-order valence-corrected chi connectivity index (χ0v) is 13.1. The molecule has 0 amide bonds. The number of rotatable bonds is 4. The first kappa shape index (κ1) is 14.2. The number of halogens is 1. The minimum Gasteiger partial charge on any atom is -0.497 e. The Bertz CT molecular complexity index is 596. The van der Waals surface area contributed by atoms with Crippen LogP contribution in [0.25, 0.3) is 0 Å². The number of hydrogen-bond acceptors (Lipinski definition) is 3. The van der Waals surface area contributed by atoms with Gasteiger partial charge in [0.25, 0.3) is 0 Å². The van der Waals surface area contributed by atoms with E-state index in [1.807, 2.05) is 59.0 Å². The summed E-state index contributed by atoms with van der Waals surface area (Å²) < 4.78 is 5.84. The Balaban J connectivity index is 2.18. The van der Waals surface area contributed by atoms with Crippen molar-refractivity contribution in [1.82, 2.24) is 0 Å². The van der Waals surface area contributed by atoms with Crippen molar-refractivity contribution in [2.45, 2.75) is 9.79 Å². The molecule has 0 unspecified atom stereocenters. The van der Waals surface area contributed by atoms with Crippen LogP contribution >= 0.6 is 34.4 Å². The van der Waals surface area contributed by atoms with E-state index in [1.165, 1.54) is 0 Å². The molecule has 0 saturated carbocycles. The zero-order chi connectivity index (χ0) is 13.8. The highest BCUT2D eigenvalue weighted by atomic mass is 127. The number of ether oxygens (including phenoxy) is 1. The molecular formula is C14H11IO3S. The fourth-order valence-electron chi connectivity index (χ4n) is 1.51. The molecule has 3 nitrogen and oxygen atoms in total. The van der Waals surface area contributed by atoms with Crippen LogP contribution in [0.15, 0.2) is 52.3 Å². The number of benzene rings is 2. The highest BCUT2D eigenvalue weighted by molar-refractivity contribution is 14.1. The highest BCUT2D eigenvalue weighted by Gasteiger charge is 2.09. The van der Waals surface area contributed by atoms with E-state index in [0.717, 1.165) is 19.1 Å². The lowest BCUT2D eigenvalue weighted by atomic mass is 10.2. The van der Waals surface area contributed by atoms with Crippen molar-refractivity contribution in [2.24, 2.45) is 0 Å². The smallest absolute Gasteiger partial charge is 0.336 e. The standard InChI is InChI=1S/C14H11IO3S/c1-18-9-2-4-10(5-3-9)19-11-6-7-12(14(16)17)13(15)8-11/h2-8H,1H3,(H,16,17). The largest absolute Gasteiger partial charge is 0.497 e. The topological polar surface area (TPSA) is 46.5 Å². The van der Waals surface area contributed by atoms with Gasteiger partial charge in [0.2, 0.25) is 0 Å². The first-order valence-corrected chi connectivity index (χ1v) is 7.34. The van der Waals surface area contributed by atoms with E-state index in [1.54, 1.807) is 24.9 Å². The van der Waals surface area contributed by atoms with Gasteiger partial charge >= 0.3 is 5.97 Å². The van der Waals surface area contributed by atoms with Crippen LogP contribution in [0, 0.1) is 3.57 Å². The second kappa shape index (κ2) is 6.29. The van der Waals surface area contributed by atoms with Gasteiger partial charge in [-0.1, -0.05) is 11.8 Å². The third kappa shape index (κ3) is 3.63. The van der Waals surface area contributed by atoms with Crippen LogP contribution in [-0.2, 0) is 0 Å². The number of carboxylic acids is 1. The highest BCUT2D eigenvalue weighted by Crippen LogP contribution is 2.30. The molecule has 2 aromatic rings. The summed E-state index contributed by atoms with van der Waals surface area (Å²) in [6.45, 7) is 0. The normalized spacial score (nSPS) is 10.2. The summed E-state index contributed by atoms with van der Waals surface area (Å²) in [6.07, 6.45) is 0. The molecule has 0 aliphatic rings. The molecule has 98 valence electrons. The molecule has 0 bridgehead atoms. The van der Waals surface area contributed by atoms with Crippen LogP contribution in [0.3, 0.4) is 0 Å². The minimum atomic E-state index is -0.898. The van der Waals surface area contributed by atoms with Crippen LogP contribution in [0.5, 0.6) is 5.75 Å². The van der Waals surface area contributed by atoms with Gasteiger partial charge in [0.15, 0.2) is 0 Å². The van der Waals surface area contributed by atoms with Crippen LogP contribution in [0.2, 0.25) is 0 Å². The Hall–Kier alpha value is -1.21. The quantitative estimate of drug-likeness (QED) is 0.803. The van der Waals surface area contributed by atoms with E-state index >= 15 is 0 Å². The fourth-order valence-corrected chi connectivity index (χ4v) is 3.33. The first-order valence-electron chi connectivity index (χ1n) is 5.45. The fraction of sp³-hybridized carbons (Fsp3) is 0.0714. The lowest BCUT2D eigenvalue weighted by Crippen LogP contribution is -1.99. The molecule has 0 aliphatic carbocycles. The van der Waals surface area contributed by atoms with Gasteiger partial charge in [-0.05, 0) is 65.1 Å². The first-order chi connectivity index (χ1) is 9.10. The summed E-state index contributed by atoms with van der Waals surface area (Å²) in [5, 5.41) is 8.98. The molecule has 0 heterocycles. The molecule has 19 heavy (non-hydrogen) atoms. The number of aromatic carboxylic acids is 1. The third-order valence-corrected chi connectivity index (χ3v) is 4.36. The van der Waals surface area contributed by atoms with Crippen LogP contribution < -0.4 is 4.74 Å². The molecule has 0 aromatic heterocycles. The maximum Gasteiger partial charge on any atom is 0.336 e. The van der Waals surface area contributed by atoms with Gasteiger partial charge in [0.05, 0.1) is 12.7 Å². The summed E-state index contributed by atoms with van der Waals surface area (Å²) in [7, 11) is 1.63. The molecule has 5 heteroatoms. The Morgan fingerprint density at radius 1 is 1.16 bits per heavy atom. The van der Waals surface area contributed by atoms with Crippen molar-refractivity contribution in [3.8, 4) is 5.75 Å². The predicted octanol–water partition coefficient (Wildman–Crippen LogP) is 4.15. The van der Waals surface area contributed by atoms with E-state index in [-0.39, 0.29) is 0 Å². The summed E-state index contributed by atoms with van der Waals surface area (Å²) in [5.74, 6) is -0.0782. The molecule has 0 saturated heterocycles. The van der Waals surface area contributed by atoms with Gasteiger partial charge in [0.1, 0.15) is 5.75 Å². The summed E-state index contributed by atoms with van der Waals surface area (Å²) in [6, 6.07) is 13.1. The van der Waals surface area contributed by atoms with Crippen molar-refractivity contribution in [1.29, 1.82) is 0 Å². The predicted molar refractivity (Wildman–Crippen MR) is 83.2 cm³/mol. The summed E-state index contributed by atoms with van der Waals surface area (Å²) in [4.78, 5) is 13.0. The average molecular weight is 386 g/mol.